The van der Waals surface area contributed by atoms with Crippen LogP contribution in [0.4, 0.5) is 11.4 Å². The van der Waals surface area contributed by atoms with Crippen molar-refractivity contribution in [2.45, 2.75) is 13.3 Å². The molecule has 2 N–H and O–H groups in total. The van der Waals surface area contributed by atoms with Crippen molar-refractivity contribution in [1.82, 2.24) is 4.98 Å². The molecule has 0 aliphatic heterocycles. The molecule has 6 heteroatoms. The fourth-order valence-electron chi connectivity index (χ4n) is 2.11. The summed E-state index contributed by atoms with van der Waals surface area (Å²) in [5.41, 5.74) is 7.64. The number of rotatable bonds is 6. The Morgan fingerprint density at radius 3 is 2.62 bits per heavy atom. The second kappa shape index (κ2) is 6.58. The number of sulfonamides is 1. The van der Waals surface area contributed by atoms with E-state index < -0.39 is 10.0 Å². The molecule has 0 aliphatic rings. The SMILES string of the molecule is CCN(c1cccc(N)c1)S(=O)(=O)CCc1ccccn1. The van der Waals surface area contributed by atoms with Crippen molar-refractivity contribution in [3.8, 4) is 0 Å². The maximum atomic E-state index is 12.5. The van der Waals surface area contributed by atoms with Gasteiger partial charge >= 0.3 is 0 Å². The lowest BCUT2D eigenvalue weighted by Gasteiger charge is -2.23. The maximum absolute atomic E-state index is 12.5. The third-order valence-corrected chi connectivity index (χ3v) is 4.98. The molecule has 0 unspecified atom stereocenters. The quantitative estimate of drug-likeness (QED) is 0.829. The summed E-state index contributed by atoms with van der Waals surface area (Å²) in [5, 5.41) is 0. The molecule has 5 nitrogen and oxygen atoms in total. The minimum absolute atomic E-state index is 0.0205. The predicted octanol–water partition coefficient (Wildman–Crippen LogP) is 2.06. The summed E-state index contributed by atoms with van der Waals surface area (Å²) in [4.78, 5) is 4.15. The molecule has 0 saturated heterocycles. The van der Waals surface area contributed by atoms with Gasteiger partial charge in [-0.05, 0) is 37.3 Å². The lowest BCUT2D eigenvalue weighted by Crippen LogP contribution is -2.33. The molecule has 1 heterocycles. The number of hydrogen-bond acceptors (Lipinski definition) is 4. The van der Waals surface area contributed by atoms with Gasteiger partial charge in [-0.1, -0.05) is 12.1 Å². The Morgan fingerprint density at radius 2 is 2.00 bits per heavy atom. The number of pyridine rings is 1. The lowest BCUT2D eigenvalue weighted by molar-refractivity contribution is 0.591. The van der Waals surface area contributed by atoms with Crippen LogP contribution in [-0.2, 0) is 16.4 Å². The minimum Gasteiger partial charge on any atom is -0.399 e. The zero-order chi connectivity index (χ0) is 15.3. The van der Waals surface area contributed by atoms with Crippen LogP contribution in [0, 0.1) is 0 Å². The predicted molar refractivity (Wildman–Crippen MR) is 85.6 cm³/mol. The molecule has 0 saturated carbocycles. The molecular weight excluding hydrogens is 286 g/mol. The molecule has 1 aromatic carbocycles. The van der Waals surface area contributed by atoms with E-state index in [1.807, 2.05) is 25.1 Å². The molecule has 0 bridgehead atoms. The number of anilines is 2. The van der Waals surface area contributed by atoms with Crippen molar-refractivity contribution >= 4 is 21.4 Å². The molecule has 112 valence electrons. The summed E-state index contributed by atoms with van der Waals surface area (Å²) in [6, 6.07) is 12.4. The summed E-state index contributed by atoms with van der Waals surface area (Å²) in [6.07, 6.45) is 2.05. The van der Waals surface area contributed by atoms with Crippen molar-refractivity contribution < 1.29 is 8.42 Å². The number of hydrogen-bond donors (Lipinski definition) is 1. The second-order valence-electron chi connectivity index (χ2n) is 4.65. The van der Waals surface area contributed by atoms with Crippen molar-refractivity contribution in [3.05, 3.63) is 54.4 Å². The van der Waals surface area contributed by atoms with E-state index in [4.69, 9.17) is 5.73 Å². The van der Waals surface area contributed by atoms with Crippen LogP contribution in [0.3, 0.4) is 0 Å². The highest BCUT2D eigenvalue weighted by molar-refractivity contribution is 7.92. The molecule has 1 aromatic heterocycles. The average Bonchev–Trinajstić information content (AvgIpc) is 2.47. The highest BCUT2D eigenvalue weighted by Crippen LogP contribution is 2.21. The highest BCUT2D eigenvalue weighted by atomic mass is 32.2. The van der Waals surface area contributed by atoms with E-state index in [-0.39, 0.29) is 5.75 Å². The third-order valence-electron chi connectivity index (χ3n) is 3.12. The van der Waals surface area contributed by atoms with Gasteiger partial charge in [0.25, 0.3) is 0 Å². The van der Waals surface area contributed by atoms with Crippen LogP contribution in [0.25, 0.3) is 0 Å². The van der Waals surface area contributed by atoms with Crippen LogP contribution < -0.4 is 10.0 Å². The van der Waals surface area contributed by atoms with Gasteiger partial charge in [0.2, 0.25) is 10.0 Å². The van der Waals surface area contributed by atoms with E-state index in [9.17, 15) is 8.42 Å². The third kappa shape index (κ3) is 3.95. The fraction of sp³-hybridized carbons (Fsp3) is 0.267. The first-order valence-corrected chi connectivity index (χ1v) is 8.39. The van der Waals surface area contributed by atoms with Gasteiger partial charge in [0, 0.05) is 30.5 Å². The van der Waals surface area contributed by atoms with E-state index in [1.165, 1.54) is 4.31 Å². The Bertz CT molecular complexity index is 687. The second-order valence-corrected chi connectivity index (χ2v) is 6.66. The molecule has 0 radical (unpaired) electrons. The number of nitrogen functional groups attached to an aromatic ring is 1. The van der Waals surface area contributed by atoms with E-state index >= 15 is 0 Å². The summed E-state index contributed by atoms with van der Waals surface area (Å²) in [6.45, 7) is 2.18. The Balaban J connectivity index is 2.16. The van der Waals surface area contributed by atoms with Crippen LogP contribution in [0.2, 0.25) is 0 Å². The van der Waals surface area contributed by atoms with Crippen LogP contribution >= 0.6 is 0 Å². The number of nitrogens with two attached hydrogens (primary N) is 1. The zero-order valence-corrected chi connectivity index (χ0v) is 12.8. The summed E-state index contributed by atoms with van der Waals surface area (Å²) in [7, 11) is -3.40. The highest BCUT2D eigenvalue weighted by Gasteiger charge is 2.21. The summed E-state index contributed by atoms with van der Waals surface area (Å²) in [5.74, 6) is 0.0205. The van der Waals surface area contributed by atoms with E-state index in [1.54, 1.807) is 30.5 Å². The maximum Gasteiger partial charge on any atom is 0.235 e. The number of aromatic nitrogens is 1. The minimum atomic E-state index is -3.40. The monoisotopic (exact) mass is 305 g/mol. The summed E-state index contributed by atoms with van der Waals surface area (Å²) < 4.78 is 26.4. The smallest absolute Gasteiger partial charge is 0.235 e. The normalized spacial score (nSPS) is 11.3. The number of aryl methyl sites for hydroxylation is 1. The Hall–Kier alpha value is -2.08. The molecule has 2 rings (SSSR count). The Morgan fingerprint density at radius 1 is 1.19 bits per heavy atom. The van der Waals surface area contributed by atoms with Crippen molar-refractivity contribution in [3.63, 3.8) is 0 Å². The Kier molecular flexibility index (Phi) is 4.80. The van der Waals surface area contributed by atoms with Gasteiger partial charge in [-0.2, -0.15) is 0 Å². The van der Waals surface area contributed by atoms with Gasteiger partial charge < -0.3 is 5.73 Å². The van der Waals surface area contributed by atoms with Crippen LogP contribution in [0.15, 0.2) is 48.7 Å². The van der Waals surface area contributed by atoms with Crippen LogP contribution in [0.5, 0.6) is 0 Å². The molecule has 0 amide bonds. The Labute approximate surface area is 125 Å². The van der Waals surface area contributed by atoms with E-state index in [0.717, 1.165) is 5.69 Å². The molecule has 2 aromatic rings. The van der Waals surface area contributed by atoms with Gasteiger partial charge in [-0.15, -0.1) is 0 Å². The molecular formula is C15H19N3O2S. The van der Waals surface area contributed by atoms with Crippen LogP contribution in [-0.4, -0.2) is 25.7 Å². The van der Waals surface area contributed by atoms with Crippen LogP contribution in [0.1, 0.15) is 12.6 Å². The van der Waals surface area contributed by atoms with Gasteiger partial charge in [0.15, 0.2) is 0 Å². The molecule has 0 spiro atoms. The van der Waals surface area contributed by atoms with Gasteiger partial charge in [-0.25, -0.2) is 8.42 Å². The van der Waals surface area contributed by atoms with E-state index in [2.05, 4.69) is 4.98 Å². The average molecular weight is 305 g/mol. The first-order chi connectivity index (χ1) is 10.0. The molecule has 21 heavy (non-hydrogen) atoms. The summed E-state index contributed by atoms with van der Waals surface area (Å²) >= 11 is 0. The van der Waals surface area contributed by atoms with Crippen molar-refractivity contribution in [2.24, 2.45) is 0 Å². The standard InChI is InChI=1S/C15H19N3O2S/c1-2-18(15-8-5-6-13(16)12-15)21(19,20)11-9-14-7-3-4-10-17-14/h3-8,10,12H,2,9,11,16H2,1H3. The number of nitrogens with zero attached hydrogens (tertiary/aromatic N) is 2. The topological polar surface area (TPSA) is 76.3 Å². The number of benzene rings is 1. The van der Waals surface area contributed by atoms with E-state index in [0.29, 0.717) is 24.3 Å². The van der Waals surface area contributed by atoms with Gasteiger partial charge in [0.1, 0.15) is 0 Å². The van der Waals surface area contributed by atoms with Gasteiger partial charge in [0.05, 0.1) is 11.4 Å². The molecule has 0 fully saturated rings. The first-order valence-electron chi connectivity index (χ1n) is 6.79. The fourth-order valence-corrected chi connectivity index (χ4v) is 3.63. The van der Waals surface area contributed by atoms with Crippen molar-refractivity contribution in [1.29, 1.82) is 0 Å². The lowest BCUT2D eigenvalue weighted by atomic mass is 10.3. The molecule has 0 aliphatic carbocycles. The van der Waals surface area contributed by atoms with Gasteiger partial charge in [-0.3, -0.25) is 9.29 Å². The first kappa shape index (κ1) is 15.3. The largest absolute Gasteiger partial charge is 0.399 e. The zero-order valence-electron chi connectivity index (χ0n) is 11.9. The van der Waals surface area contributed by atoms with Crippen molar-refractivity contribution in [2.75, 3.05) is 22.3 Å². The molecule has 0 atom stereocenters.